The molecule has 18 atom stereocenters. The fraction of sp³-hybridized carbons (Fsp3) is 0.844. The zero-order valence-corrected chi connectivity index (χ0v) is 48.1. The molecule has 2 N–H and O–H groups in total. The molecule has 0 spiro atoms. The van der Waals surface area contributed by atoms with E-state index in [1.807, 2.05) is 26.0 Å². The maximum Gasteiger partial charge on any atom is 0.319 e. The Balaban J connectivity index is 0.789. The van der Waals surface area contributed by atoms with E-state index >= 15 is 0 Å². The lowest BCUT2D eigenvalue weighted by Gasteiger charge is -2.70. The van der Waals surface area contributed by atoms with Gasteiger partial charge in [-0.1, -0.05) is 94.2 Å². The molecule has 0 radical (unpaired) electrons. The lowest BCUT2D eigenvalue weighted by molar-refractivity contribution is -0.203. The Labute approximate surface area is 443 Å². The SMILES string of the molecule is CC1(C)C2CC[C@]3(C)C(C(=O)C=C4[C@H]5C[C@@](C)(C(=O)OC(=O)CCC(=O)OC(=O)[C@@]6(C)CC[C@]7(C)CC[C@]8(C)C(=CC(=O)C9[C@@]%10(C)CC[C@H](O)C(C)(C)C%10CC[C@]98C)[C@H]7C6)CC[C@]5(C)CC[C@]43C)[C@@]2(C)CC[C@@H]1O. The number of hydrogen-bond acceptors (Lipinski definition) is 10. The fourth-order valence-electron chi connectivity index (χ4n) is 21.5. The highest BCUT2D eigenvalue weighted by Crippen LogP contribution is 2.77. The number of aliphatic hydroxyl groups excluding tert-OH is 2. The molecule has 8 fully saturated rings. The standard InChI is InChI=1S/C64H94O10/c1-53(2)43-17-23-63(13)49(59(43,9)21-19-45(53)67)41(65)33-37-39-35-57(7,27-25-55(39,5)29-31-61(37,63)11)51(71)73-47(69)15-16-48(70)74-52(72)58(8)28-26-56(6)30-32-62(12)38(40(56)36-58)34-42(66)50-60(10)22-20-46(68)54(3,4)44(60)18-24-64(50,62)14/h33-34,39-40,43-46,49-50,67-68H,15-32,35-36H2,1-14H3/t39-,40-,43?,44?,45+,46+,49?,50?,55-,56-,57+,58+,59+,60+,61-,62-,63-,64-/m1/s1. The number of carbonyl (C=O) groups excluding carboxylic acids is 6. The molecule has 0 amide bonds. The molecule has 0 aromatic rings. The number of hydrogen-bond donors (Lipinski definition) is 2. The summed E-state index contributed by atoms with van der Waals surface area (Å²) < 4.78 is 11.2. The molecule has 0 heterocycles. The molecule has 8 saturated carbocycles. The van der Waals surface area contributed by atoms with E-state index in [-0.39, 0.29) is 113 Å². The minimum atomic E-state index is -0.979. The van der Waals surface area contributed by atoms with Crippen LogP contribution in [0.15, 0.2) is 23.3 Å². The molecule has 10 aliphatic rings. The van der Waals surface area contributed by atoms with Gasteiger partial charge in [0.05, 0.1) is 35.9 Å². The summed E-state index contributed by atoms with van der Waals surface area (Å²) in [7, 11) is 0. The van der Waals surface area contributed by atoms with E-state index in [0.717, 1.165) is 88.2 Å². The predicted molar refractivity (Wildman–Crippen MR) is 282 cm³/mol. The second-order valence-electron chi connectivity index (χ2n) is 31.3. The van der Waals surface area contributed by atoms with E-state index in [0.29, 0.717) is 38.5 Å². The molecule has 10 rings (SSSR count). The predicted octanol–water partition coefficient (Wildman–Crippen LogP) is 12.6. The summed E-state index contributed by atoms with van der Waals surface area (Å²) in [5, 5.41) is 22.3. The van der Waals surface area contributed by atoms with Gasteiger partial charge in [0.25, 0.3) is 0 Å². The maximum absolute atomic E-state index is 14.8. The molecule has 0 saturated heterocycles. The van der Waals surface area contributed by atoms with Gasteiger partial charge in [-0.2, -0.15) is 0 Å². The normalized spacial score (nSPS) is 50.8. The monoisotopic (exact) mass is 1020 g/mol. The molecular weight excluding hydrogens is 929 g/mol. The van der Waals surface area contributed by atoms with Gasteiger partial charge in [0.15, 0.2) is 11.6 Å². The van der Waals surface area contributed by atoms with Gasteiger partial charge in [-0.15, -0.1) is 0 Å². The first-order chi connectivity index (χ1) is 34.1. The van der Waals surface area contributed by atoms with E-state index < -0.39 is 47.5 Å². The summed E-state index contributed by atoms with van der Waals surface area (Å²) >= 11 is 0. The van der Waals surface area contributed by atoms with Gasteiger partial charge < -0.3 is 19.7 Å². The highest BCUT2D eigenvalue weighted by atomic mass is 16.6. The molecule has 0 aliphatic heterocycles. The number of carbonyl (C=O) groups is 6. The van der Waals surface area contributed by atoms with Crippen LogP contribution in [0.1, 0.15) is 225 Å². The van der Waals surface area contributed by atoms with Crippen molar-refractivity contribution in [2.75, 3.05) is 0 Å². The van der Waals surface area contributed by atoms with Gasteiger partial charge in [0, 0.05) is 11.8 Å². The Hall–Kier alpha value is -2.98. The van der Waals surface area contributed by atoms with E-state index in [2.05, 4.69) is 83.1 Å². The van der Waals surface area contributed by atoms with Crippen LogP contribution in [-0.2, 0) is 38.2 Å². The zero-order chi connectivity index (χ0) is 54.2. The van der Waals surface area contributed by atoms with Crippen molar-refractivity contribution in [1.82, 2.24) is 0 Å². The molecule has 4 unspecified atom stereocenters. The quantitative estimate of drug-likeness (QED) is 0.200. The van der Waals surface area contributed by atoms with Gasteiger partial charge in [0.2, 0.25) is 0 Å². The van der Waals surface area contributed by atoms with Crippen molar-refractivity contribution in [2.45, 2.75) is 238 Å². The number of esters is 4. The van der Waals surface area contributed by atoms with E-state index in [4.69, 9.17) is 9.47 Å². The largest absolute Gasteiger partial charge is 0.393 e. The summed E-state index contributed by atoms with van der Waals surface area (Å²) in [6.45, 7) is 31.2. The molecular formula is C64H94O10. The minimum absolute atomic E-state index is 0.0414. The Bertz CT molecular complexity index is 2350. The van der Waals surface area contributed by atoms with Gasteiger partial charge in [-0.05, 0) is 219 Å². The molecule has 10 aliphatic carbocycles. The van der Waals surface area contributed by atoms with Crippen LogP contribution >= 0.6 is 0 Å². The zero-order valence-electron chi connectivity index (χ0n) is 48.1. The van der Waals surface area contributed by atoms with Crippen LogP contribution in [0, 0.1) is 100 Å². The van der Waals surface area contributed by atoms with Gasteiger partial charge in [-0.3, -0.25) is 28.8 Å². The number of rotatable bonds is 5. The summed E-state index contributed by atoms with van der Waals surface area (Å²) in [6.07, 6.45) is 16.6. The Kier molecular flexibility index (Phi) is 12.3. The number of ketones is 2. The van der Waals surface area contributed by atoms with Crippen LogP contribution in [0.25, 0.3) is 0 Å². The third kappa shape index (κ3) is 7.24. The summed E-state index contributed by atoms with van der Waals surface area (Å²) in [6, 6.07) is 0. The average Bonchev–Trinajstić information content (AvgIpc) is 3.31. The number of fused-ring (bicyclic) bond motifs is 14. The van der Waals surface area contributed by atoms with Crippen molar-refractivity contribution >= 4 is 35.4 Å². The highest BCUT2D eigenvalue weighted by molar-refractivity contribution is 5.97. The number of aliphatic hydroxyl groups is 2. The Morgan fingerprint density at radius 1 is 0.473 bits per heavy atom. The second kappa shape index (κ2) is 16.8. The van der Waals surface area contributed by atoms with Crippen LogP contribution < -0.4 is 0 Å². The molecule has 0 aromatic heterocycles. The smallest absolute Gasteiger partial charge is 0.319 e. The minimum Gasteiger partial charge on any atom is -0.393 e. The maximum atomic E-state index is 14.8. The third-order valence-electron chi connectivity index (χ3n) is 27.0. The molecule has 10 nitrogen and oxygen atoms in total. The lowest BCUT2D eigenvalue weighted by atomic mass is 9.33. The van der Waals surface area contributed by atoms with Crippen LogP contribution in [-0.4, -0.2) is 57.9 Å². The molecule has 0 aromatic carbocycles. The molecule has 410 valence electrons. The summed E-state index contributed by atoms with van der Waals surface area (Å²) in [5.41, 5.74) is -1.94. The summed E-state index contributed by atoms with van der Waals surface area (Å²) in [4.78, 5) is 85.0. The first-order valence-electron chi connectivity index (χ1n) is 29.4. The van der Waals surface area contributed by atoms with Gasteiger partial charge in [0.1, 0.15) is 0 Å². The van der Waals surface area contributed by atoms with Crippen LogP contribution in [0.3, 0.4) is 0 Å². The summed E-state index contributed by atoms with van der Waals surface area (Å²) in [5.74, 6) is -2.40. The molecule has 0 bridgehead atoms. The van der Waals surface area contributed by atoms with Crippen molar-refractivity contribution in [3.8, 4) is 0 Å². The van der Waals surface area contributed by atoms with Crippen molar-refractivity contribution in [2.24, 2.45) is 100 Å². The van der Waals surface area contributed by atoms with Gasteiger partial charge >= 0.3 is 23.9 Å². The third-order valence-corrected chi connectivity index (χ3v) is 27.0. The Morgan fingerprint density at radius 3 is 1.16 bits per heavy atom. The number of allylic oxidation sites excluding steroid dienone is 4. The second-order valence-corrected chi connectivity index (χ2v) is 31.3. The van der Waals surface area contributed by atoms with Crippen LogP contribution in [0.4, 0.5) is 0 Å². The first kappa shape index (κ1) is 54.4. The highest BCUT2D eigenvalue weighted by Gasteiger charge is 2.72. The van der Waals surface area contributed by atoms with E-state index in [9.17, 15) is 39.0 Å². The van der Waals surface area contributed by atoms with Crippen LogP contribution in [0.5, 0.6) is 0 Å². The Morgan fingerprint density at radius 2 is 0.811 bits per heavy atom. The molecule has 74 heavy (non-hydrogen) atoms. The van der Waals surface area contributed by atoms with Crippen molar-refractivity contribution < 1.29 is 48.5 Å². The lowest BCUT2D eigenvalue weighted by Crippen LogP contribution is -2.66. The average molecular weight is 1020 g/mol. The van der Waals surface area contributed by atoms with Gasteiger partial charge in [-0.25, -0.2) is 0 Å². The van der Waals surface area contributed by atoms with Crippen LogP contribution in [0.2, 0.25) is 0 Å². The fourth-order valence-corrected chi connectivity index (χ4v) is 21.5. The van der Waals surface area contributed by atoms with E-state index in [1.165, 1.54) is 0 Å². The van der Waals surface area contributed by atoms with E-state index in [1.54, 1.807) is 0 Å². The van der Waals surface area contributed by atoms with Crippen molar-refractivity contribution in [1.29, 1.82) is 0 Å². The molecule has 10 heteroatoms. The topological polar surface area (TPSA) is 161 Å². The first-order valence-corrected chi connectivity index (χ1v) is 29.4. The van der Waals surface area contributed by atoms with Crippen molar-refractivity contribution in [3.05, 3.63) is 23.3 Å². The van der Waals surface area contributed by atoms with Crippen molar-refractivity contribution in [3.63, 3.8) is 0 Å². The number of ether oxygens (including phenoxy) is 2.